The summed E-state index contributed by atoms with van der Waals surface area (Å²) in [5, 5.41) is 8.61. The highest BCUT2D eigenvalue weighted by atomic mass is 127. The zero-order valence-corrected chi connectivity index (χ0v) is 9.66. The van der Waals surface area contributed by atoms with Gasteiger partial charge in [0.25, 0.3) is 0 Å². The van der Waals surface area contributed by atoms with Crippen LogP contribution in [0.25, 0.3) is 0 Å². The fraction of sp³-hybridized carbons (Fsp3) is 0. The molecule has 0 radical (unpaired) electrons. The predicted octanol–water partition coefficient (Wildman–Crippen LogP) is 2.80. The summed E-state index contributed by atoms with van der Waals surface area (Å²) in [5.74, 6) is 0. The summed E-state index contributed by atoms with van der Waals surface area (Å²) in [6.45, 7) is 0. The molecule has 0 aliphatic heterocycles. The molecule has 0 unspecified atom stereocenters. The van der Waals surface area contributed by atoms with E-state index >= 15 is 0 Å². The van der Waals surface area contributed by atoms with Crippen LogP contribution in [0.4, 0.5) is 0 Å². The molecule has 1 rings (SSSR count). The quantitative estimate of drug-likeness (QED) is 0.582. The lowest BCUT2D eigenvalue weighted by molar-refractivity contribution is 0.112. The van der Waals surface area contributed by atoms with Gasteiger partial charge in [0.1, 0.15) is 6.07 Å². The third-order valence-electron chi connectivity index (χ3n) is 1.05. The molecule has 0 saturated carbocycles. The summed E-state index contributed by atoms with van der Waals surface area (Å²) in [6.07, 6.45) is 0.748. The van der Waals surface area contributed by atoms with Crippen molar-refractivity contribution in [2.75, 3.05) is 0 Å². The first-order chi connectivity index (χ1) is 5.20. The van der Waals surface area contributed by atoms with Crippen LogP contribution in [0, 0.1) is 14.2 Å². The molecule has 0 aliphatic carbocycles. The Hall–Kier alpha value is 0.0700. The number of carbonyl (C=O) groups is 1. The van der Waals surface area contributed by atoms with Crippen LogP contribution in [-0.4, -0.2) is 6.29 Å². The molecule has 0 spiro atoms. The molecule has 1 aromatic rings. The molecule has 0 amide bonds. The number of hydrogen-bond acceptors (Lipinski definition) is 3. The smallest absolute Gasteiger partial charge is 0.161 e. The second-order valence-corrected chi connectivity index (χ2v) is 5.31. The van der Waals surface area contributed by atoms with Crippen LogP contribution >= 0.6 is 49.9 Å². The number of nitrogens with zero attached hydrogens (tertiary/aromatic N) is 1. The highest BCUT2D eigenvalue weighted by Gasteiger charge is 2.12. The molecule has 0 saturated heterocycles. The number of carbonyl (C=O) groups excluding carboxylic acids is 1. The van der Waals surface area contributed by atoms with Crippen molar-refractivity contribution in [2.24, 2.45) is 0 Å². The van der Waals surface area contributed by atoms with Gasteiger partial charge in [-0.1, -0.05) is 0 Å². The van der Waals surface area contributed by atoms with E-state index in [-0.39, 0.29) is 0 Å². The number of halogens is 2. The van der Waals surface area contributed by atoms with E-state index in [0.717, 1.165) is 9.17 Å². The van der Waals surface area contributed by atoms with Gasteiger partial charge in [-0.25, -0.2) is 0 Å². The molecule has 0 N–H and O–H groups in total. The van der Waals surface area contributed by atoms with E-state index in [1.165, 1.54) is 11.3 Å². The fourth-order valence-electron chi connectivity index (χ4n) is 0.571. The lowest BCUT2D eigenvalue weighted by Gasteiger charge is -1.82. The fourth-order valence-corrected chi connectivity index (χ4v) is 3.48. The number of hydrogen-bond donors (Lipinski definition) is 0. The van der Waals surface area contributed by atoms with Crippen LogP contribution in [0.3, 0.4) is 0 Å². The Kier molecular flexibility index (Phi) is 3.04. The summed E-state index contributed by atoms with van der Waals surface area (Å²) >= 11 is 6.53. The first-order valence-corrected chi connectivity index (χ1v) is 5.22. The third-order valence-corrected chi connectivity index (χ3v) is 4.24. The second kappa shape index (κ2) is 3.65. The Bertz CT molecular complexity index is 341. The third kappa shape index (κ3) is 1.63. The first-order valence-electron chi connectivity index (χ1n) is 2.53. The molecule has 2 nitrogen and oxygen atoms in total. The normalized spacial score (nSPS) is 9.18. The van der Waals surface area contributed by atoms with Gasteiger partial charge in [0, 0.05) is 0 Å². The van der Waals surface area contributed by atoms with Crippen molar-refractivity contribution in [1.29, 1.82) is 5.26 Å². The lowest BCUT2D eigenvalue weighted by Crippen LogP contribution is -1.74. The van der Waals surface area contributed by atoms with Gasteiger partial charge in [0.2, 0.25) is 0 Å². The number of aldehydes is 1. The van der Waals surface area contributed by atoms with Crippen LogP contribution in [0.2, 0.25) is 0 Å². The van der Waals surface area contributed by atoms with Gasteiger partial charge in [-0.3, -0.25) is 4.79 Å². The van der Waals surface area contributed by atoms with Crippen molar-refractivity contribution in [3.05, 3.63) is 17.8 Å². The molecular weight excluding hydrogens is 341 g/mol. The molecule has 5 heteroatoms. The standard InChI is InChI=1S/C6HBrINOS/c7-5-3(1-9)6(8)11-4(5)2-10/h2H. The van der Waals surface area contributed by atoms with Crippen LogP contribution in [0.15, 0.2) is 4.47 Å². The summed E-state index contributed by atoms with van der Waals surface area (Å²) in [5.41, 5.74) is 0.553. The number of rotatable bonds is 1. The van der Waals surface area contributed by atoms with Crippen molar-refractivity contribution < 1.29 is 4.79 Å². The minimum Gasteiger partial charge on any atom is -0.297 e. The van der Waals surface area contributed by atoms with Gasteiger partial charge in [0.05, 0.1) is 17.8 Å². The maximum absolute atomic E-state index is 10.4. The second-order valence-electron chi connectivity index (χ2n) is 1.66. The van der Waals surface area contributed by atoms with E-state index in [2.05, 4.69) is 15.9 Å². The lowest BCUT2D eigenvalue weighted by atomic mass is 10.3. The van der Waals surface area contributed by atoms with Crippen molar-refractivity contribution in [1.82, 2.24) is 0 Å². The molecule has 1 heterocycles. The molecule has 0 aliphatic rings. The Morgan fingerprint density at radius 1 is 1.73 bits per heavy atom. The minimum atomic E-state index is 0.553. The predicted molar refractivity (Wildman–Crippen MR) is 54.8 cm³/mol. The van der Waals surface area contributed by atoms with Gasteiger partial charge in [-0.05, 0) is 38.5 Å². The first kappa shape index (κ1) is 9.16. The molecule has 0 fully saturated rings. The minimum absolute atomic E-state index is 0.553. The number of nitriles is 1. The van der Waals surface area contributed by atoms with Crippen LogP contribution in [0.1, 0.15) is 15.2 Å². The molecule has 0 aromatic carbocycles. The molecule has 0 atom stereocenters. The van der Waals surface area contributed by atoms with Crippen LogP contribution in [-0.2, 0) is 0 Å². The number of thiophene rings is 1. The van der Waals surface area contributed by atoms with Crippen molar-refractivity contribution in [2.45, 2.75) is 0 Å². The van der Waals surface area contributed by atoms with Gasteiger partial charge in [-0.2, -0.15) is 5.26 Å². The largest absolute Gasteiger partial charge is 0.297 e. The van der Waals surface area contributed by atoms with Crippen molar-refractivity contribution in [3.63, 3.8) is 0 Å². The van der Waals surface area contributed by atoms with Gasteiger partial charge in [-0.15, -0.1) is 11.3 Å². The van der Waals surface area contributed by atoms with Crippen molar-refractivity contribution in [3.8, 4) is 6.07 Å². The summed E-state index contributed by atoms with van der Waals surface area (Å²) in [4.78, 5) is 11.0. The topological polar surface area (TPSA) is 40.9 Å². The van der Waals surface area contributed by atoms with Crippen molar-refractivity contribution >= 4 is 56.1 Å². The van der Waals surface area contributed by atoms with Gasteiger partial charge in [0.15, 0.2) is 6.29 Å². The van der Waals surface area contributed by atoms with E-state index in [0.29, 0.717) is 14.9 Å². The average molecular weight is 342 g/mol. The molecule has 0 bridgehead atoms. The van der Waals surface area contributed by atoms with Gasteiger partial charge < -0.3 is 0 Å². The maximum atomic E-state index is 10.4. The molecule has 1 aromatic heterocycles. The van der Waals surface area contributed by atoms with E-state index in [1.807, 2.05) is 28.7 Å². The highest BCUT2D eigenvalue weighted by molar-refractivity contribution is 14.1. The summed E-state index contributed by atoms with van der Waals surface area (Å²) in [6, 6.07) is 2.02. The van der Waals surface area contributed by atoms with Crippen LogP contribution < -0.4 is 0 Å². The van der Waals surface area contributed by atoms with E-state index in [1.54, 1.807) is 0 Å². The van der Waals surface area contributed by atoms with E-state index < -0.39 is 0 Å². The maximum Gasteiger partial charge on any atom is 0.161 e. The zero-order chi connectivity index (χ0) is 8.43. The molecular formula is C6HBrINOS. The summed E-state index contributed by atoms with van der Waals surface area (Å²) < 4.78 is 1.46. The Labute approximate surface area is 89.5 Å². The highest BCUT2D eigenvalue weighted by Crippen LogP contribution is 2.32. The van der Waals surface area contributed by atoms with Crippen LogP contribution in [0.5, 0.6) is 0 Å². The molecule has 56 valence electrons. The monoisotopic (exact) mass is 341 g/mol. The Balaban J connectivity index is 3.39. The van der Waals surface area contributed by atoms with E-state index in [4.69, 9.17) is 5.26 Å². The summed E-state index contributed by atoms with van der Waals surface area (Å²) in [7, 11) is 0. The molecule has 11 heavy (non-hydrogen) atoms. The Morgan fingerprint density at radius 2 is 2.36 bits per heavy atom. The SMILES string of the molecule is N#Cc1c(I)sc(C=O)c1Br. The zero-order valence-electron chi connectivity index (χ0n) is 5.10. The van der Waals surface area contributed by atoms with E-state index in [9.17, 15) is 4.79 Å². The van der Waals surface area contributed by atoms with Gasteiger partial charge >= 0.3 is 0 Å². The Morgan fingerprint density at radius 3 is 2.64 bits per heavy atom. The average Bonchev–Trinajstić information content (AvgIpc) is 2.26.